The number of amides is 1. The largest absolute Gasteiger partial charge is 0.444 e. The van der Waals surface area contributed by atoms with Crippen LogP contribution < -0.4 is 5.32 Å². The van der Waals surface area contributed by atoms with Gasteiger partial charge in [-0.15, -0.1) is 0 Å². The Bertz CT molecular complexity index is 929. The second kappa shape index (κ2) is 6.96. The summed E-state index contributed by atoms with van der Waals surface area (Å²) in [5.41, 5.74) is 1.75. The highest BCUT2D eigenvalue weighted by atomic mass is 35.5. The van der Waals surface area contributed by atoms with Crippen molar-refractivity contribution in [3.63, 3.8) is 0 Å². The predicted octanol–water partition coefficient (Wildman–Crippen LogP) is 4.66. The number of imidazole rings is 1. The predicted molar refractivity (Wildman–Crippen MR) is 102 cm³/mol. The summed E-state index contributed by atoms with van der Waals surface area (Å²) in [6.45, 7) is 7.33. The number of rotatable bonds is 3. The lowest BCUT2D eigenvalue weighted by atomic mass is 10.2. The van der Waals surface area contributed by atoms with Crippen molar-refractivity contribution < 1.29 is 9.53 Å². The minimum Gasteiger partial charge on any atom is -0.444 e. The molecular weight excluding hydrogens is 352 g/mol. The summed E-state index contributed by atoms with van der Waals surface area (Å²) < 4.78 is 7.26. The number of pyridine rings is 1. The minimum absolute atomic E-state index is 0.380. The van der Waals surface area contributed by atoms with E-state index in [0.29, 0.717) is 16.5 Å². The van der Waals surface area contributed by atoms with Gasteiger partial charge in [-0.2, -0.15) is 0 Å². The van der Waals surface area contributed by atoms with Gasteiger partial charge in [0.25, 0.3) is 0 Å². The number of aromatic nitrogens is 3. The number of ether oxygens (including phenoxy) is 1. The van der Waals surface area contributed by atoms with Crippen LogP contribution in [0.4, 0.5) is 4.79 Å². The Morgan fingerprint density at radius 2 is 1.92 bits per heavy atom. The number of alkyl carbamates (subject to hydrolysis) is 1. The van der Waals surface area contributed by atoms with Crippen LogP contribution in [0.5, 0.6) is 0 Å². The quantitative estimate of drug-likeness (QED) is 0.726. The Labute approximate surface area is 157 Å². The second-order valence-corrected chi connectivity index (χ2v) is 7.43. The van der Waals surface area contributed by atoms with Crippen molar-refractivity contribution in [1.29, 1.82) is 0 Å². The fourth-order valence-electron chi connectivity index (χ4n) is 2.61. The number of fused-ring (bicyclic) bond motifs is 1. The minimum atomic E-state index is -0.568. The van der Waals surface area contributed by atoms with E-state index in [1.807, 2.05) is 56.5 Å². The Morgan fingerprint density at radius 1 is 1.23 bits per heavy atom. The lowest BCUT2D eigenvalue weighted by molar-refractivity contribution is 0.0505. The molecule has 2 aromatic heterocycles. The average Bonchev–Trinajstić information content (AvgIpc) is 2.93. The lowest BCUT2D eigenvalue weighted by Gasteiger charge is -2.22. The molecule has 0 bridgehead atoms. The van der Waals surface area contributed by atoms with Gasteiger partial charge in [0.15, 0.2) is 5.65 Å². The molecule has 26 heavy (non-hydrogen) atoms. The molecule has 1 N–H and O–H groups in total. The van der Waals surface area contributed by atoms with Crippen molar-refractivity contribution in [3.05, 3.63) is 53.4 Å². The molecule has 0 saturated heterocycles. The standard InChI is InChI=1S/C19H21ClN4O2/c1-12(22-18(25)26-19(2,3)4)16-23-15-6-5-11-21-17(15)24(16)14-9-7-13(20)8-10-14/h5-12H,1-4H3,(H,22,25). The first-order chi connectivity index (χ1) is 12.2. The lowest BCUT2D eigenvalue weighted by Crippen LogP contribution is -2.34. The maximum Gasteiger partial charge on any atom is 0.408 e. The molecule has 2 heterocycles. The third kappa shape index (κ3) is 3.96. The van der Waals surface area contributed by atoms with Crippen LogP contribution in [-0.4, -0.2) is 26.2 Å². The van der Waals surface area contributed by atoms with Crippen molar-refractivity contribution in [2.45, 2.75) is 39.3 Å². The number of benzene rings is 1. The van der Waals surface area contributed by atoms with Gasteiger partial charge in [0.2, 0.25) is 0 Å². The van der Waals surface area contributed by atoms with E-state index in [1.165, 1.54) is 0 Å². The zero-order valence-electron chi connectivity index (χ0n) is 15.2. The van der Waals surface area contributed by atoms with Crippen molar-refractivity contribution in [2.24, 2.45) is 0 Å². The van der Waals surface area contributed by atoms with Crippen LogP contribution in [0.3, 0.4) is 0 Å². The maximum absolute atomic E-state index is 12.1. The van der Waals surface area contributed by atoms with Gasteiger partial charge < -0.3 is 10.1 Å². The Morgan fingerprint density at radius 3 is 2.58 bits per heavy atom. The van der Waals surface area contributed by atoms with Gasteiger partial charge in [0.1, 0.15) is 16.9 Å². The van der Waals surface area contributed by atoms with Gasteiger partial charge >= 0.3 is 6.09 Å². The summed E-state index contributed by atoms with van der Waals surface area (Å²) >= 11 is 6.01. The van der Waals surface area contributed by atoms with Crippen molar-refractivity contribution in [2.75, 3.05) is 0 Å². The summed E-state index contributed by atoms with van der Waals surface area (Å²) in [4.78, 5) is 21.2. The molecule has 1 unspecified atom stereocenters. The zero-order valence-corrected chi connectivity index (χ0v) is 15.9. The second-order valence-electron chi connectivity index (χ2n) is 7.00. The summed E-state index contributed by atoms with van der Waals surface area (Å²) in [5.74, 6) is 0.659. The number of hydrogen-bond acceptors (Lipinski definition) is 4. The first kappa shape index (κ1) is 18.2. The van der Waals surface area contributed by atoms with Crippen LogP contribution in [0.2, 0.25) is 5.02 Å². The molecule has 0 aliphatic heterocycles. The number of hydrogen-bond donors (Lipinski definition) is 1. The van der Waals surface area contributed by atoms with E-state index in [2.05, 4.69) is 15.3 Å². The smallest absolute Gasteiger partial charge is 0.408 e. The average molecular weight is 373 g/mol. The molecule has 1 aromatic carbocycles. The van der Waals surface area contributed by atoms with Crippen LogP contribution in [0, 0.1) is 0 Å². The summed E-state index contributed by atoms with van der Waals surface area (Å²) in [6.07, 6.45) is 1.22. The molecule has 6 nitrogen and oxygen atoms in total. The molecule has 0 aliphatic rings. The molecule has 0 aliphatic carbocycles. The van der Waals surface area contributed by atoms with E-state index in [1.54, 1.807) is 18.3 Å². The highest BCUT2D eigenvalue weighted by molar-refractivity contribution is 6.30. The molecular formula is C19H21ClN4O2. The molecule has 1 atom stereocenters. The number of nitrogens with one attached hydrogen (secondary N) is 1. The monoisotopic (exact) mass is 372 g/mol. The normalized spacial score (nSPS) is 12.8. The van der Waals surface area contributed by atoms with E-state index in [-0.39, 0.29) is 6.04 Å². The van der Waals surface area contributed by atoms with Gasteiger partial charge in [-0.25, -0.2) is 14.8 Å². The van der Waals surface area contributed by atoms with E-state index in [0.717, 1.165) is 11.2 Å². The maximum atomic E-state index is 12.1. The fraction of sp³-hybridized carbons (Fsp3) is 0.316. The van der Waals surface area contributed by atoms with Gasteiger partial charge in [-0.3, -0.25) is 4.57 Å². The molecule has 7 heteroatoms. The number of nitrogens with zero attached hydrogens (tertiary/aromatic N) is 3. The molecule has 0 radical (unpaired) electrons. The summed E-state index contributed by atoms with van der Waals surface area (Å²) in [5, 5.41) is 3.48. The van der Waals surface area contributed by atoms with Crippen molar-refractivity contribution >= 4 is 28.9 Å². The Balaban J connectivity index is 2.01. The fourth-order valence-corrected chi connectivity index (χ4v) is 2.74. The van der Waals surface area contributed by atoms with E-state index < -0.39 is 11.7 Å². The van der Waals surface area contributed by atoms with E-state index in [9.17, 15) is 4.79 Å². The summed E-state index contributed by atoms with van der Waals surface area (Å²) in [7, 11) is 0. The van der Waals surface area contributed by atoms with E-state index >= 15 is 0 Å². The van der Waals surface area contributed by atoms with Gasteiger partial charge in [-0.1, -0.05) is 11.6 Å². The first-order valence-electron chi connectivity index (χ1n) is 8.33. The molecule has 0 spiro atoms. The molecule has 136 valence electrons. The Hall–Kier alpha value is -2.60. The van der Waals surface area contributed by atoms with Crippen molar-refractivity contribution in [3.8, 4) is 5.69 Å². The van der Waals surface area contributed by atoms with Gasteiger partial charge in [0.05, 0.1) is 6.04 Å². The summed E-state index contributed by atoms with van der Waals surface area (Å²) in [6, 6.07) is 10.7. The molecule has 0 fully saturated rings. The molecule has 1 amide bonds. The van der Waals surface area contributed by atoms with Crippen LogP contribution in [0.25, 0.3) is 16.9 Å². The number of halogens is 1. The van der Waals surface area contributed by atoms with Gasteiger partial charge in [-0.05, 0) is 64.1 Å². The third-order valence-corrected chi connectivity index (χ3v) is 3.90. The number of carbonyl (C=O) groups excluding carboxylic acids is 1. The topological polar surface area (TPSA) is 69.0 Å². The molecule has 3 rings (SSSR count). The van der Waals surface area contributed by atoms with Crippen LogP contribution in [0.15, 0.2) is 42.6 Å². The molecule has 3 aromatic rings. The zero-order chi connectivity index (χ0) is 18.9. The van der Waals surface area contributed by atoms with E-state index in [4.69, 9.17) is 16.3 Å². The first-order valence-corrected chi connectivity index (χ1v) is 8.71. The van der Waals surface area contributed by atoms with Crippen LogP contribution in [0.1, 0.15) is 39.6 Å². The molecule has 0 saturated carbocycles. The highest BCUT2D eigenvalue weighted by Gasteiger charge is 2.23. The number of carbonyl (C=O) groups is 1. The SMILES string of the molecule is CC(NC(=O)OC(C)(C)C)c1nc2cccnc2n1-c1ccc(Cl)cc1. The third-order valence-electron chi connectivity index (χ3n) is 3.65. The Kier molecular flexibility index (Phi) is 4.87. The highest BCUT2D eigenvalue weighted by Crippen LogP contribution is 2.25. The van der Waals surface area contributed by atoms with Crippen molar-refractivity contribution in [1.82, 2.24) is 19.9 Å². The van der Waals surface area contributed by atoms with Crippen LogP contribution >= 0.6 is 11.6 Å². The van der Waals surface area contributed by atoms with Gasteiger partial charge in [0, 0.05) is 16.9 Å². The van der Waals surface area contributed by atoms with Crippen LogP contribution in [-0.2, 0) is 4.74 Å².